The number of hydrogen-bond acceptors (Lipinski definition) is 4. The fraction of sp³-hybridized carbons (Fsp3) is 0.455. The standard InChI is InChI=1S/C22H27N3O2S/c1-25(17-11-6-8-14-7-2-3-9-15(14)17)13-19(26)24-22-20(21(23)27)16-10-4-5-12-18(16)28-22/h2-3,7,9,17H,4-6,8,10-13H2,1H3,(H2,23,27)(H,24,26)/t17-/m0/s1. The molecule has 0 radical (unpaired) electrons. The number of likely N-dealkylation sites (N-methyl/N-ethyl adjacent to an activating group) is 1. The highest BCUT2D eigenvalue weighted by Gasteiger charge is 2.27. The second-order valence-corrected chi connectivity index (χ2v) is 8.95. The molecule has 148 valence electrons. The van der Waals surface area contributed by atoms with E-state index in [4.69, 9.17) is 5.73 Å². The summed E-state index contributed by atoms with van der Waals surface area (Å²) in [5.41, 5.74) is 9.92. The summed E-state index contributed by atoms with van der Waals surface area (Å²) >= 11 is 1.52. The minimum Gasteiger partial charge on any atom is -0.365 e. The Bertz CT molecular complexity index is 905. The molecule has 2 aliphatic carbocycles. The van der Waals surface area contributed by atoms with Crippen molar-refractivity contribution in [1.82, 2.24) is 4.90 Å². The van der Waals surface area contributed by atoms with Crippen molar-refractivity contribution in [2.75, 3.05) is 18.9 Å². The first-order chi connectivity index (χ1) is 13.5. The maximum Gasteiger partial charge on any atom is 0.251 e. The third-order valence-electron chi connectivity index (χ3n) is 5.93. The lowest BCUT2D eigenvalue weighted by atomic mass is 9.87. The Labute approximate surface area is 169 Å². The van der Waals surface area contributed by atoms with E-state index in [1.165, 1.54) is 27.3 Å². The molecular weight excluding hydrogens is 370 g/mol. The predicted octanol–water partition coefficient (Wildman–Crippen LogP) is 3.67. The van der Waals surface area contributed by atoms with E-state index in [1.807, 2.05) is 7.05 Å². The Balaban J connectivity index is 1.48. The average molecular weight is 398 g/mol. The summed E-state index contributed by atoms with van der Waals surface area (Å²) in [4.78, 5) is 28.1. The minimum atomic E-state index is -0.440. The van der Waals surface area contributed by atoms with Gasteiger partial charge in [-0.3, -0.25) is 14.5 Å². The summed E-state index contributed by atoms with van der Waals surface area (Å²) in [6.45, 7) is 0.291. The zero-order valence-corrected chi connectivity index (χ0v) is 17.1. The monoisotopic (exact) mass is 397 g/mol. The van der Waals surface area contributed by atoms with Crippen LogP contribution in [-0.2, 0) is 24.1 Å². The number of thiophene rings is 1. The van der Waals surface area contributed by atoms with Crippen LogP contribution >= 0.6 is 11.3 Å². The van der Waals surface area contributed by atoms with Crippen LogP contribution in [0.5, 0.6) is 0 Å². The van der Waals surface area contributed by atoms with Crippen molar-refractivity contribution in [3.8, 4) is 0 Å². The van der Waals surface area contributed by atoms with E-state index in [0.717, 1.165) is 50.5 Å². The summed E-state index contributed by atoms with van der Waals surface area (Å²) in [5, 5.41) is 3.61. The van der Waals surface area contributed by atoms with Crippen LogP contribution in [0.25, 0.3) is 0 Å². The number of anilines is 1. The molecular formula is C22H27N3O2S. The maximum absolute atomic E-state index is 12.8. The number of amides is 2. The van der Waals surface area contributed by atoms with Crippen molar-refractivity contribution in [1.29, 1.82) is 0 Å². The highest BCUT2D eigenvalue weighted by molar-refractivity contribution is 7.17. The van der Waals surface area contributed by atoms with Crippen LogP contribution in [0.2, 0.25) is 0 Å². The number of primary amides is 1. The van der Waals surface area contributed by atoms with Gasteiger partial charge < -0.3 is 11.1 Å². The van der Waals surface area contributed by atoms with Gasteiger partial charge in [-0.25, -0.2) is 0 Å². The van der Waals surface area contributed by atoms with Crippen molar-refractivity contribution in [3.63, 3.8) is 0 Å². The Morgan fingerprint density at radius 1 is 1.18 bits per heavy atom. The van der Waals surface area contributed by atoms with Crippen LogP contribution in [0.3, 0.4) is 0 Å². The fourth-order valence-corrected chi connectivity index (χ4v) is 5.91. The van der Waals surface area contributed by atoms with Crippen molar-refractivity contribution >= 4 is 28.2 Å². The highest BCUT2D eigenvalue weighted by atomic mass is 32.1. The normalized spacial score (nSPS) is 18.4. The van der Waals surface area contributed by atoms with Gasteiger partial charge in [0.15, 0.2) is 0 Å². The SMILES string of the molecule is CN(CC(=O)Nc1sc2c(c1C(N)=O)CCCC2)[C@H]1CCCc2ccccc21. The summed E-state index contributed by atoms with van der Waals surface area (Å²) in [6, 6.07) is 8.76. The number of carbonyl (C=O) groups excluding carboxylic acids is 2. The van der Waals surface area contributed by atoms with E-state index < -0.39 is 5.91 Å². The maximum atomic E-state index is 12.8. The zero-order valence-electron chi connectivity index (χ0n) is 16.3. The van der Waals surface area contributed by atoms with Crippen LogP contribution < -0.4 is 11.1 Å². The van der Waals surface area contributed by atoms with Crippen LogP contribution in [0.15, 0.2) is 24.3 Å². The molecule has 2 amide bonds. The van der Waals surface area contributed by atoms with Gasteiger partial charge in [0.2, 0.25) is 5.91 Å². The van der Waals surface area contributed by atoms with Gasteiger partial charge in [0.25, 0.3) is 5.91 Å². The number of fused-ring (bicyclic) bond motifs is 2. The molecule has 0 fully saturated rings. The number of carbonyl (C=O) groups is 2. The lowest BCUT2D eigenvalue weighted by molar-refractivity contribution is -0.117. The average Bonchev–Trinajstić information content (AvgIpc) is 3.05. The number of nitrogens with one attached hydrogen (secondary N) is 1. The topological polar surface area (TPSA) is 75.4 Å². The fourth-order valence-electron chi connectivity index (χ4n) is 4.60. The molecule has 4 rings (SSSR count). The summed E-state index contributed by atoms with van der Waals surface area (Å²) in [5.74, 6) is -0.532. The number of nitrogens with two attached hydrogens (primary N) is 1. The molecule has 1 aromatic heterocycles. The van der Waals surface area contributed by atoms with Gasteiger partial charge in [-0.05, 0) is 68.7 Å². The molecule has 0 spiro atoms. The number of benzene rings is 1. The number of nitrogens with zero attached hydrogens (tertiary/aromatic N) is 1. The molecule has 0 aliphatic heterocycles. The van der Waals surface area contributed by atoms with Gasteiger partial charge >= 0.3 is 0 Å². The summed E-state index contributed by atoms with van der Waals surface area (Å²) in [7, 11) is 2.00. The van der Waals surface area contributed by atoms with E-state index in [-0.39, 0.29) is 11.9 Å². The third kappa shape index (κ3) is 3.71. The molecule has 2 aliphatic rings. The molecule has 0 saturated heterocycles. The van der Waals surface area contributed by atoms with Crippen LogP contribution in [0.1, 0.15) is 63.7 Å². The molecule has 6 heteroatoms. The first kappa shape index (κ1) is 19.2. The minimum absolute atomic E-state index is 0.0911. The van der Waals surface area contributed by atoms with Gasteiger partial charge in [-0.15, -0.1) is 11.3 Å². The molecule has 5 nitrogen and oxygen atoms in total. The summed E-state index contributed by atoms with van der Waals surface area (Å²) < 4.78 is 0. The van der Waals surface area contributed by atoms with Crippen molar-refractivity contribution in [2.24, 2.45) is 5.73 Å². The van der Waals surface area contributed by atoms with Gasteiger partial charge in [-0.2, -0.15) is 0 Å². The van der Waals surface area contributed by atoms with Gasteiger partial charge in [0.05, 0.1) is 12.1 Å². The lowest BCUT2D eigenvalue weighted by Gasteiger charge is -2.32. The van der Waals surface area contributed by atoms with Crippen LogP contribution in [0, 0.1) is 0 Å². The number of hydrogen-bond donors (Lipinski definition) is 2. The second kappa shape index (κ2) is 8.05. The van der Waals surface area contributed by atoms with E-state index in [9.17, 15) is 9.59 Å². The smallest absolute Gasteiger partial charge is 0.251 e. The van der Waals surface area contributed by atoms with Gasteiger partial charge in [-0.1, -0.05) is 24.3 Å². The number of rotatable bonds is 5. The van der Waals surface area contributed by atoms with Crippen LogP contribution in [-0.4, -0.2) is 30.3 Å². The molecule has 28 heavy (non-hydrogen) atoms. The zero-order chi connectivity index (χ0) is 19.7. The Hall–Kier alpha value is -2.18. The lowest BCUT2D eigenvalue weighted by Crippen LogP contribution is -2.35. The number of aryl methyl sites for hydroxylation is 2. The predicted molar refractivity (Wildman–Crippen MR) is 113 cm³/mol. The second-order valence-electron chi connectivity index (χ2n) is 7.85. The summed E-state index contributed by atoms with van der Waals surface area (Å²) in [6.07, 6.45) is 7.34. The molecule has 2 aromatic rings. The third-order valence-corrected chi connectivity index (χ3v) is 7.14. The largest absolute Gasteiger partial charge is 0.365 e. The van der Waals surface area contributed by atoms with E-state index >= 15 is 0 Å². The van der Waals surface area contributed by atoms with Gasteiger partial charge in [0.1, 0.15) is 5.00 Å². The first-order valence-electron chi connectivity index (χ1n) is 10.1. The molecule has 0 unspecified atom stereocenters. The van der Waals surface area contributed by atoms with E-state index in [1.54, 1.807) is 0 Å². The van der Waals surface area contributed by atoms with Gasteiger partial charge in [0, 0.05) is 10.9 Å². The van der Waals surface area contributed by atoms with Crippen molar-refractivity contribution in [2.45, 2.75) is 51.0 Å². The first-order valence-corrected chi connectivity index (χ1v) is 10.9. The van der Waals surface area contributed by atoms with E-state index in [0.29, 0.717) is 17.1 Å². The van der Waals surface area contributed by atoms with Crippen LogP contribution in [0.4, 0.5) is 5.00 Å². The van der Waals surface area contributed by atoms with Crippen molar-refractivity contribution < 1.29 is 9.59 Å². The quantitative estimate of drug-likeness (QED) is 0.808. The Morgan fingerprint density at radius 2 is 1.96 bits per heavy atom. The molecule has 0 saturated carbocycles. The molecule has 1 heterocycles. The molecule has 3 N–H and O–H groups in total. The molecule has 0 bridgehead atoms. The van der Waals surface area contributed by atoms with E-state index in [2.05, 4.69) is 34.5 Å². The molecule has 1 atom stereocenters. The molecule has 1 aromatic carbocycles. The Morgan fingerprint density at radius 3 is 2.79 bits per heavy atom. The van der Waals surface area contributed by atoms with Crippen molar-refractivity contribution in [3.05, 3.63) is 51.4 Å². The highest BCUT2D eigenvalue weighted by Crippen LogP contribution is 2.38. The Kier molecular flexibility index (Phi) is 5.51.